The summed E-state index contributed by atoms with van der Waals surface area (Å²) in [5, 5.41) is 10.7. The predicted octanol–water partition coefficient (Wildman–Crippen LogP) is 1.70. The van der Waals surface area contributed by atoms with Crippen molar-refractivity contribution >= 4 is 11.0 Å². The van der Waals surface area contributed by atoms with Gasteiger partial charge in [0.15, 0.2) is 17.6 Å². The first-order valence-corrected chi connectivity index (χ1v) is 6.03. The molecule has 3 rings (SSSR count). The van der Waals surface area contributed by atoms with Crippen LogP contribution in [0.1, 0.15) is 13.8 Å². The van der Waals surface area contributed by atoms with Crippen LogP contribution in [0.25, 0.3) is 11.0 Å². The normalized spacial score (nSPS) is 18.6. The standard InChI is InChI=1S/C14H14O5/c1-14(2,16)12-7-17-10-6-9-8(5-11(10)18-12)3-4-13(15)19-9/h3-6,12,16H,7H2,1-2H3. The fourth-order valence-electron chi connectivity index (χ4n) is 1.98. The number of aliphatic hydroxyl groups is 1. The van der Waals surface area contributed by atoms with Crippen molar-refractivity contribution in [3.05, 3.63) is 34.7 Å². The molecule has 2 aromatic rings. The number of ether oxygens (including phenoxy) is 2. The Hall–Kier alpha value is -2.01. The van der Waals surface area contributed by atoms with Crippen LogP contribution < -0.4 is 15.1 Å². The summed E-state index contributed by atoms with van der Waals surface area (Å²) >= 11 is 0. The fraction of sp³-hybridized carbons (Fsp3) is 0.357. The van der Waals surface area contributed by atoms with E-state index in [1.54, 1.807) is 32.0 Å². The highest BCUT2D eigenvalue weighted by molar-refractivity contribution is 5.80. The van der Waals surface area contributed by atoms with Gasteiger partial charge in [-0.25, -0.2) is 4.79 Å². The largest absolute Gasteiger partial charge is 0.486 e. The molecule has 100 valence electrons. The molecule has 1 aliphatic heterocycles. The second-order valence-electron chi connectivity index (χ2n) is 5.16. The van der Waals surface area contributed by atoms with Gasteiger partial charge in [-0.05, 0) is 26.0 Å². The van der Waals surface area contributed by atoms with Crippen molar-refractivity contribution in [2.75, 3.05) is 6.61 Å². The number of hydrogen-bond acceptors (Lipinski definition) is 5. The third kappa shape index (κ3) is 2.17. The lowest BCUT2D eigenvalue weighted by Crippen LogP contribution is -2.46. The average Bonchev–Trinajstić information content (AvgIpc) is 2.34. The third-order valence-corrected chi connectivity index (χ3v) is 3.13. The molecular weight excluding hydrogens is 248 g/mol. The zero-order valence-electron chi connectivity index (χ0n) is 10.7. The van der Waals surface area contributed by atoms with Crippen molar-refractivity contribution in [2.45, 2.75) is 25.6 Å². The van der Waals surface area contributed by atoms with E-state index in [2.05, 4.69) is 0 Å². The molecule has 1 aliphatic rings. The maximum absolute atomic E-state index is 11.2. The molecule has 0 bridgehead atoms. The SMILES string of the molecule is CC(C)(O)C1COc2cc3oc(=O)ccc3cc2O1. The summed E-state index contributed by atoms with van der Waals surface area (Å²) in [4.78, 5) is 11.2. The maximum Gasteiger partial charge on any atom is 0.336 e. The lowest BCUT2D eigenvalue weighted by atomic mass is 10.0. The minimum Gasteiger partial charge on any atom is -0.486 e. The summed E-state index contributed by atoms with van der Waals surface area (Å²) in [6.45, 7) is 3.59. The highest BCUT2D eigenvalue weighted by atomic mass is 16.6. The van der Waals surface area contributed by atoms with Crippen LogP contribution in [0.15, 0.2) is 33.5 Å². The van der Waals surface area contributed by atoms with Crippen LogP contribution in [0.5, 0.6) is 11.5 Å². The molecule has 1 atom stereocenters. The van der Waals surface area contributed by atoms with Gasteiger partial charge < -0.3 is 19.0 Å². The Morgan fingerprint density at radius 3 is 2.79 bits per heavy atom. The Kier molecular flexibility index (Phi) is 2.53. The summed E-state index contributed by atoms with van der Waals surface area (Å²) in [7, 11) is 0. The van der Waals surface area contributed by atoms with Crippen LogP contribution in [-0.4, -0.2) is 23.4 Å². The zero-order valence-corrected chi connectivity index (χ0v) is 10.7. The molecule has 1 N–H and O–H groups in total. The first kappa shape index (κ1) is 12.0. The first-order chi connectivity index (χ1) is 8.93. The monoisotopic (exact) mass is 262 g/mol. The Labute approximate surface area is 109 Å². The minimum absolute atomic E-state index is 0.249. The van der Waals surface area contributed by atoms with E-state index in [1.807, 2.05) is 0 Å². The van der Waals surface area contributed by atoms with Crippen LogP contribution in [0, 0.1) is 0 Å². The average molecular weight is 262 g/mol. The van der Waals surface area contributed by atoms with Gasteiger partial charge in [-0.15, -0.1) is 0 Å². The van der Waals surface area contributed by atoms with Gasteiger partial charge in [0.05, 0.1) is 5.60 Å². The molecule has 1 aromatic carbocycles. The van der Waals surface area contributed by atoms with E-state index in [9.17, 15) is 9.90 Å². The van der Waals surface area contributed by atoms with E-state index < -0.39 is 17.3 Å². The van der Waals surface area contributed by atoms with Gasteiger partial charge in [0.25, 0.3) is 0 Å². The smallest absolute Gasteiger partial charge is 0.336 e. The number of hydrogen-bond donors (Lipinski definition) is 1. The van der Waals surface area contributed by atoms with Crippen molar-refractivity contribution in [2.24, 2.45) is 0 Å². The van der Waals surface area contributed by atoms with Crippen LogP contribution in [0.4, 0.5) is 0 Å². The Balaban J connectivity index is 2.06. The minimum atomic E-state index is -0.990. The van der Waals surface area contributed by atoms with Crippen molar-refractivity contribution < 1.29 is 19.0 Å². The molecule has 5 nitrogen and oxygen atoms in total. The van der Waals surface area contributed by atoms with Crippen molar-refractivity contribution in [3.8, 4) is 11.5 Å². The summed E-state index contributed by atoms with van der Waals surface area (Å²) in [5.74, 6) is 1.06. The fourth-order valence-corrected chi connectivity index (χ4v) is 1.98. The molecule has 0 amide bonds. The van der Waals surface area contributed by atoms with E-state index in [0.29, 0.717) is 17.1 Å². The van der Waals surface area contributed by atoms with Crippen LogP contribution >= 0.6 is 0 Å². The van der Waals surface area contributed by atoms with Crippen molar-refractivity contribution in [1.82, 2.24) is 0 Å². The van der Waals surface area contributed by atoms with Crippen LogP contribution in [-0.2, 0) is 0 Å². The quantitative estimate of drug-likeness (QED) is 0.792. The number of rotatable bonds is 1. The van der Waals surface area contributed by atoms with E-state index in [1.165, 1.54) is 6.07 Å². The molecular formula is C14H14O5. The molecule has 1 aromatic heterocycles. The molecule has 2 heterocycles. The topological polar surface area (TPSA) is 68.9 Å². The lowest BCUT2D eigenvalue weighted by Gasteiger charge is -2.33. The summed E-state index contributed by atoms with van der Waals surface area (Å²) in [6.07, 6.45) is -0.437. The van der Waals surface area contributed by atoms with Crippen LogP contribution in [0.3, 0.4) is 0 Å². The Morgan fingerprint density at radius 2 is 2.05 bits per heavy atom. The van der Waals surface area contributed by atoms with Gasteiger partial charge in [-0.3, -0.25) is 0 Å². The Bertz CT molecular complexity index is 680. The molecule has 19 heavy (non-hydrogen) atoms. The second kappa shape index (κ2) is 3.99. The van der Waals surface area contributed by atoms with Gasteiger partial charge in [-0.2, -0.15) is 0 Å². The van der Waals surface area contributed by atoms with E-state index in [-0.39, 0.29) is 6.61 Å². The molecule has 0 fully saturated rings. The molecule has 1 unspecified atom stereocenters. The second-order valence-corrected chi connectivity index (χ2v) is 5.16. The maximum atomic E-state index is 11.2. The number of benzene rings is 1. The highest BCUT2D eigenvalue weighted by Gasteiger charge is 2.33. The van der Waals surface area contributed by atoms with Crippen molar-refractivity contribution in [1.29, 1.82) is 0 Å². The number of fused-ring (bicyclic) bond motifs is 2. The molecule has 0 saturated heterocycles. The van der Waals surface area contributed by atoms with Gasteiger partial charge in [-0.1, -0.05) is 0 Å². The molecule has 0 radical (unpaired) electrons. The van der Waals surface area contributed by atoms with E-state index in [4.69, 9.17) is 13.9 Å². The summed E-state index contributed by atoms with van der Waals surface area (Å²) < 4.78 is 16.4. The molecule has 0 aliphatic carbocycles. The molecule has 0 spiro atoms. The third-order valence-electron chi connectivity index (χ3n) is 3.13. The lowest BCUT2D eigenvalue weighted by molar-refractivity contribution is -0.0652. The first-order valence-electron chi connectivity index (χ1n) is 6.03. The molecule has 0 saturated carbocycles. The van der Waals surface area contributed by atoms with Crippen LogP contribution in [0.2, 0.25) is 0 Å². The van der Waals surface area contributed by atoms with Gasteiger partial charge in [0.1, 0.15) is 12.2 Å². The van der Waals surface area contributed by atoms with Gasteiger partial charge >= 0.3 is 5.63 Å². The predicted molar refractivity (Wildman–Crippen MR) is 68.7 cm³/mol. The zero-order chi connectivity index (χ0) is 13.6. The van der Waals surface area contributed by atoms with Gasteiger partial charge in [0, 0.05) is 17.5 Å². The highest BCUT2D eigenvalue weighted by Crippen LogP contribution is 2.37. The van der Waals surface area contributed by atoms with E-state index >= 15 is 0 Å². The Morgan fingerprint density at radius 1 is 1.26 bits per heavy atom. The van der Waals surface area contributed by atoms with E-state index in [0.717, 1.165) is 5.39 Å². The van der Waals surface area contributed by atoms with Crippen molar-refractivity contribution in [3.63, 3.8) is 0 Å². The summed E-state index contributed by atoms with van der Waals surface area (Å²) in [6, 6.07) is 6.39. The summed E-state index contributed by atoms with van der Waals surface area (Å²) in [5.41, 5.74) is -0.939. The van der Waals surface area contributed by atoms with Gasteiger partial charge in [0.2, 0.25) is 0 Å². The molecule has 5 heteroatoms.